The Morgan fingerprint density at radius 2 is 1.88 bits per heavy atom. The molecule has 24 heavy (non-hydrogen) atoms. The number of aryl methyl sites for hydroxylation is 3. The highest BCUT2D eigenvalue weighted by molar-refractivity contribution is 7.17. The largest absolute Gasteiger partial charge is 0.392 e. The minimum atomic E-state index is -0.755. The number of aromatic nitrogens is 2. The van der Waals surface area contributed by atoms with Gasteiger partial charge in [0.2, 0.25) is 0 Å². The third-order valence-electron chi connectivity index (χ3n) is 4.04. The molecule has 3 rings (SSSR count). The van der Waals surface area contributed by atoms with Gasteiger partial charge in [-0.05, 0) is 36.8 Å². The molecule has 2 heterocycles. The Morgan fingerprint density at radius 1 is 1.17 bits per heavy atom. The zero-order chi connectivity index (χ0) is 17.3. The Hall–Kier alpha value is -2.18. The molecule has 0 aliphatic rings. The fourth-order valence-electron chi connectivity index (χ4n) is 2.85. The summed E-state index contributed by atoms with van der Waals surface area (Å²) in [5, 5.41) is 12.1. The predicted molar refractivity (Wildman–Crippen MR) is 96.9 cm³/mol. The summed E-state index contributed by atoms with van der Waals surface area (Å²) in [5.74, 6) is 0. The number of nitrogens with zero attached hydrogens (tertiary/aromatic N) is 2. The van der Waals surface area contributed by atoms with Crippen LogP contribution in [0.1, 0.15) is 18.1 Å². The zero-order valence-corrected chi connectivity index (χ0v) is 14.5. The monoisotopic (exact) mass is 344 g/mol. The molecule has 0 fully saturated rings. The molecule has 0 unspecified atom stereocenters. The van der Waals surface area contributed by atoms with E-state index in [-0.39, 0.29) is 17.8 Å². The molecule has 1 atom stereocenters. The maximum atomic E-state index is 12.8. The lowest BCUT2D eigenvalue weighted by Crippen LogP contribution is -2.42. The van der Waals surface area contributed by atoms with Gasteiger partial charge in [-0.15, -0.1) is 11.3 Å². The average molecular weight is 344 g/mol. The molecule has 126 valence electrons. The zero-order valence-electron chi connectivity index (χ0n) is 13.7. The van der Waals surface area contributed by atoms with Crippen LogP contribution in [0.25, 0.3) is 10.2 Å². The fourth-order valence-corrected chi connectivity index (χ4v) is 3.92. The second kappa shape index (κ2) is 6.75. The molecule has 0 amide bonds. The van der Waals surface area contributed by atoms with Crippen molar-refractivity contribution in [2.75, 3.05) is 0 Å². The van der Waals surface area contributed by atoms with Gasteiger partial charge < -0.3 is 5.11 Å². The van der Waals surface area contributed by atoms with E-state index < -0.39 is 6.10 Å². The quantitative estimate of drug-likeness (QED) is 0.771. The van der Waals surface area contributed by atoms with Crippen LogP contribution in [0.4, 0.5) is 0 Å². The van der Waals surface area contributed by atoms with E-state index in [0.717, 1.165) is 15.7 Å². The third-order valence-corrected chi connectivity index (χ3v) is 5.15. The Kier molecular flexibility index (Phi) is 4.69. The fraction of sp³-hybridized carbons (Fsp3) is 0.333. The van der Waals surface area contributed by atoms with E-state index in [2.05, 4.69) is 0 Å². The van der Waals surface area contributed by atoms with Crippen LogP contribution in [-0.4, -0.2) is 20.3 Å². The van der Waals surface area contributed by atoms with E-state index in [1.54, 1.807) is 11.5 Å². The molecule has 1 aromatic carbocycles. The van der Waals surface area contributed by atoms with E-state index >= 15 is 0 Å². The number of rotatable bonds is 5. The van der Waals surface area contributed by atoms with Gasteiger partial charge in [-0.1, -0.05) is 30.3 Å². The summed E-state index contributed by atoms with van der Waals surface area (Å²) in [4.78, 5) is 26.1. The third kappa shape index (κ3) is 3.07. The van der Waals surface area contributed by atoms with Crippen LogP contribution < -0.4 is 11.2 Å². The first-order chi connectivity index (χ1) is 11.5. The van der Waals surface area contributed by atoms with Crippen LogP contribution in [0.2, 0.25) is 0 Å². The van der Waals surface area contributed by atoms with Crippen molar-refractivity contribution in [3.63, 3.8) is 0 Å². The second-order valence-electron chi connectivity index (χ2n) is 6.03. The highest BCUT2D eigenvalue weighted by Gasteiger charge is 2.17. The number of hydrogen-bond donors (Lipinski definition) is 1. The smallest absolute Gasteiger partial charge is 0.332 e. The standard InChI is InChI=1S/C18H20N2O3S/c1-12-11-24-17-15(12)16(22)20(10-13(2)21)18(23)19(17)9-8-14-6-4-3-5-7-14/h3-7,11,13,21H,8-10H2,1-2H3/t13-/m1/s1. The van der Waals surface area contributed by atoms with Gasteiger partial charge in [0.25, 0.3) is 5.56 Å². The molecule has 0 spiro atoms. The summed E-state index contributed by atoms with van der Waals surface area (Å²) in [6, 6.07) is 9.94. The van der Waals surface area contributed by atoms with E-state index in [1.807, 2.05) is 42.6 Å². The van der Waals surface area contributed by atoms with Gasteiger partial charge in [0.1, 0.15) is 4.83 Å². The minimum absolute atomic E-state index is 0.00816. The molecule has 1 N–H and O–H groups in total. The summed E-state index contributed by atoms with van der Waals surface area (Å²) in [6.07, 6.45) is -0.0472. The normalized spacial score (nSPS) is 12.6. The van der Waals surface area contributed by atoms with Gasteiger partial charge in [-0.25, -0.2) is 4.79 Å². The Bertz CT molecular complexity index is 968. The van der Waals surface area contributed by atoms with Crippen molar-refractivity contribution in [3.05, 3.63) is 67.7 Å². The van der Waals surface area contributed by atoms with Crippen LogP contribution >= 0.6 is 11.3 Å². The lowest BCUT2D eigenvalue weighted by molar-refractivity contribution is 0.169. The molecule has 2 aromatic heterocycles. The lowest BCUT2D eigenvalue weighted by Gasteiger charge is -2.13. The Labute approximate surface area is 143 Å². The number of benzene rings is 1. The van der Waals surface area contributed by atoms with E-state index in [1.165, 1.54) is 11.3 Å². The molecule has 0 bridgehead atoms. The Morgan fingerprint density at radius 3 is 2.54 bits per heavy atom. The maximum Gasteiger partial charge on any atom is 0.332 e. The summed E-state index contributed by atoms with van der Waals surface area (Å²) in [5.41, 5.74) is 1.34. The van der Waals surface area contributed by atoms with Crippen LogP contribution in [0.15, 0.2) is 45.3 Å². The molecule has 6 heteroatoms. The SMILES string of the molecule is Cc1csc2c1c(=O)n(C[C@@H](C)O)c(=O)n2CCc1ccccc1. The van der Waals surface area contributed by atoms with Crippen molar-refractivity contribution < 1.29 is 5.11 Å². The number of thiophene rings is 1. The summed E-state index contributed by atoms with van der Waals surface area (Å²) < 4.78 is 2.81. The minimum Gasteiger partial charge on any atom is -0.392 e. The van der Waals surface area contributed by atoms with Crippen molar-refractivity contribution in [1.82, 2.24) is 9.13 Å². The molecule has 3 aromatic rings. The molecule has 0 saturated heterocycles. The van der Waals surface area contributed by atoms with Gasteiger partial charge in [-0.2, -0.15) is 0 Å². The number of aliphatic hydroxyl groups excluding tert-OH is 1. The first-order valence-corrected chi connectivity index (χ1v) is 8.80. The Balaban J connectivity index is 2.12. The maximum absolute atomic E-state index is 12.8. The summed E-state index contributed by atoms with van der Waals surface area (Å²) in [6.45, 7) is 3.96. The van der Waals surface area contributed by atoms with E-state index in [4.69, 9.17) is 0 Å². The van der Waals surface area contributed by atoms with Crippen LogP contribution in [0, 0.1) is 6.92 Å². The summed E-state index contributed by atoms with van der Waals surface area (Å²) in [7, 11) is 0. The molecule has 0 aliphatic carbocycles. The first-order valence-electron chi connectivity index (χ1n) is 7.92. The van der Waals surface area contributed by atoms with E-state index in [9.17, 15) is 14.7 Å². The number of hydrogen-bond acceptors (Lipinski definition) is 4. The summed E-state index contributed by atoms with van der Waals surface area (Å²) >= 11 is 1.42. The molecule has 0 radical (unpaired) electrons. The van der Waals surface area contributed by atoms with Gasteiger partial charge in [0.15, 0.2) is 0 Å². The van der Waals surface area contributed by atoms with Crippen LogP contribution in [0.3, 0.4) is 0 Å². The van der Waals surface area contributed by atoms with Gasteiger partial charge in [0, 0.05) is 6.54 Å². The van der Waals surface area contributed by atoms with Crippen LogP contribution in [0.5, 0.6) is 0 Å². The van der Waals surface area contributed by atoms with Crippen molar-refractivity contribution in [2.24, 2.45) is 0 Å². The second-order valence-corrected chi connectivity index (χ2v) is 6.89. The highest BCUT2D eigenvalue weighted by atomic mass is 32.1. The van der Waals surface area contributed by atoms with Gasteiger partial charge in [-0.3, -0.25) is 13.9 Å². The number of aliphatic hydroxyl groups is 1. The molecule has 0 saturated carbocycles. The molecule has 0 aliphatic heterocycles. The van der Waals surface area contributed by atoms with Crippen LogP contribution in [-0.2, 0) is 19.5 Å². The van der Waals surface area contributed by atoms with Gasteiger partial charge in [0.05, 0.1) is 18.0 Å². The molecular weight excluding hydrogens is 324 g/mol. The first kappa shape index (κ1) is 16.7. The lowest BCUT2D eigenvalue weighted by atomic mass is 10.1. The number of fused-ring (bicyclic) bond motifs is 1. The van der Waals surface area contributed by atoms with Crippen molar-refractivity contribution in [1.29, 1.82) is 0 Å². The average Bonchev–Trinajstić information content (AvgIpc) is 2.94. The van der Waals surface area contributed by atoms with Gasteiger partial charge >= 0.3 is 5.69 Å². The molecular formula is C18H20N2O3S. The van der Waals surface area contributed by atoms with E-state index in [0.29, 0.717) is 23.2 Å². The van der Waals surface area contributed by atoms with Crippen molar-refractivity contribution >= 4 is 21.6 Å². The highest BCUT2D eigenvalue weighted by Crippen LogP contribution is 2.21. The van der Waals surface area contributed by atoms with Crippen molar-refractivity contribution in [2.45, 2.75) is 39.5 Å². The van der Waals surface area contributed by atoms with Crippen molar-refractivity contribution in [3.8, 4) is 0 Å². The topological polar surface area (TPSA) is 64.2 Å². The molecule has 5 nitrogen and oxygen atoms in total. The predicted octanol–water partition coefficient (Wildman–Crippen LogP) is 2.16.